The third-order valence-corrected chi connectivity index (χ3v) is 19.2. The quantitative estimate of drug-likeness (QED) is 0.0226. The zero-order valence-corrected chi connectivity index (χ0v) is 57.9. The molecule has 534 valence electrons. The molecule has 28 heteroatoms. The number of para-hydroxylation sites is 1. The Morgan fingerprint density at radius 1 is 0.600 bits per heavy atom. The first-order valence-corrected chi connectivity index (χ1v) is 35.9. The number of alkyl carbamates (subject to hydrolysis) is 2. The number of fused-ring (bicyclic) bond motifs is 4. The number of benzene rings is 5. The second-order valence-corrected chi connectivity index (χ2v) is 28.2. The summed E-state index contributed by atoms with van der Waals surface area (Å²) in [6, 6.07) is 26.1. The number of carboxylic acids is 1. The van der Waals surface area contributed by atoms with Crippen LogP contribution in [0.5, 0.6) is 5.75 Å². The van der Waals surface area contributed by atoms with Crippen LogP contribution in [0.2, 0.25) is 0 Å². The molecule has 0 spiro atoms. The van der Waals surface area contributed by atoms with Crippen molar-refractivity contribution in [3.05, 3.63) is 161 Å². The standard InChI is InChI=1S/C72H89N11O15S2/c1-43(84)61-67(91)81-60(68(92)93)42-100-99-41-59(80-64(88)57(36-44-20-8-7-9-21-44)82-71(96)97-40-53-51-25-12-10-23-49(51)50-24-11-13-26-52(50)53)66(90)78-56(37-45-29-31-47(85)32-30-45)63(87)79-58(38-46-39-76-54-27-15-14-22-48(46)54)65(89)77-55(62(86)83-61)28-16-19-34-74-69(94)73-33-17-5-6-18-35-75-70(95)98-72(2,3)4/h7-15,20-27,29-32,39,43,53,55-61,76,84-85H,5-6,16-19,28,33-38,40-42H2,1-4H3,(H,75,95)(H,77,89)(H,78,90)(H,79,87)(H,80,88)(H,81,91)(H,82,96)(H,83,86)(H,92,93)(H2,73,74,94)/t43-,55+,56+,57-,58-,59+,60+,61+/m1/s1. The minimum absolute atomic E-state index is 0.0769. The first-order chi connectivity index (χ1) is 48.0. The first kappa shape index (κ1) is 76.0. The lowest BCUT2D eigenvalue weighted by Crippen LogP contribution is -2.62. The van der Waals surface area contributed by atoms with Gasteiger partial charge in [-0.25, -0.2) is 19.2 Å². The molecule has 2 aliphatic rings. The van der Waals surface area contributed by atoms with E-state index < -0.39 is 114 Å². The van der Waals surface area contributed by atoms with Crippen LogP contribution < -0.4 is 53.2 Å². The predicted octanol–water partition coefficient (Wildman–Crippen LogP) is 6.13. The molecule has 5 aromatic carbocycles. The van der Waals surface area contributed by atoms with Crippen molar-refractivity contribution in [1.29, 1.82) is 0 Å². The molecule has 0 bridgehead atoms. The molecule has 8 rings (SSSR count). The number of hydrogen-bond acceptors (Lipinski definition) is 16. The van der Waals surface area contributed by atoms with Crippen molar-refractivity contribution in [1.82, 2.24) is 58.2 Å². The average Bonchev–Trinajstić information content (AvgIpc) is 1.62. The number of ether oxygens (including phenoxy) is 2. The van der Waals surface area contributed by atoms with Crippen molar-refractivity contribution in [2.24, 2.45) is 0 Å². The largest absolute Gasteiger partial charge is 0.508 e. The van der Waals surface area contributed by atoms with Gasteiger partial charge in [-0.05, 0) is 117 Å². The van der Waals surface area contributed by atoms with Crippen molar-refractivity contribution < 1.29 is 72.7 Å². The van der Waals surface area contributed by atoms with Crippen LogP contribution in [0.3, 0.4) is 0 Å². The molecule has 8 atom stereocenters. The number of aromatic hydroxyl groups is 1. The molecule has 1 saturated heterocycles. The number of aromatic nitrogens is 1. The maximum Gasteiger partial charge on any atom is 0.407 e. The van der Waals surface area contributed by atoms with Crippen LogP contribution >= 0.6 is 21.6 Å². The number of carbonyl (C=O) groups excluding carboxylic acids is 9. The predicted molar refractivity (Wildman–Crippen MR) is 380 cm³/mol. The molecule has 1 aromatic heterocycles. The van der Waals surface area contributed by atoms with E-state index in [0.717, 1.165) is 63.1 Å². The van der Waals surface area contributed by atoms with Crippen LogP contribution in [0.1, 0.15) is 106 Å². The van der Waals surface area contributed by atoms with Gasteiger partial charge in [0, 0.05) is 73.4 Å². The highest BCUT2D eigenvalue weighted by Gasteiger charge is 2.37. The minimum atomic E-state index is -1.77. The number of nitrogens with one attached hydrogen (secondary N) is 11. The molecule has 0 saturated carbocycles. The van der Waals surface area contributed by atoms with Gasteiger partial charge in [-0.15, -0.1) is 0 Å². The second-order valence-electron chi connectivity index (χ2n) is 25.6. The van der Waals surface area contributed by atoms with E-state index in [-0.39, 0.29) is 74.8 Å². The van der Waals surface area contributed by atoms with Crippen molar-refractivity contribution in [3.63, 3.8) is 0 Å². The summed E-state index contributed by atoms with van der Waals surface area (Å²) < 4.78 is 11.1. The van der Waals surface area contributed by atoms with Gasteiger partial charge in [0.05, 0.1) is 6.10 Å². The Morgan fingerprint density at radius 3 is 1.82 bits per heavy atom. The number of carboxylic acid groups (broad SMARTS) is 1. The number of aliphatic hydroxyl groups excluding tert-OH is 1. The summed E-state index contributed by atoms with van der Waals surface area (Å²) in [7, 11) is 1.83. The van der Waals surface area contributed by atoms with Gasteiger partial charge in [0.2, 0.25) is 35.4 Å². The Balaban J connectivity index is 1.03. The molecule has 1 fully saturated rings. The molecule has 10 amide bonds. The van der Waals surface area contributed by atoms with Crippen LogP contribution in [0.25, 0.3) is 22.0 Å². The summed E-state index contributed by atoms with van der Waals surface area (Å²) in [5.41, 5.74) is 5.67. The summed E-state index contributed by atoms with van der Waals surface area (Å²) in [5, 5.41) is 59.5. The Kier molecular flexibility index (Phi) is 28.4. The van der Waals surface area contributed by atoms with Crippen LogP contribution in [0.4, 0.5) is 14.4 Å². The van der Waals surface area contributed by atoms with Gasteiger partial charge in [0.1, 0.15) is 60.3 Å². The number of aliphatic carboxylic acids is 1. The Morgan fingerprint density at radius 2 is 1.17 bits per heavy atom. The lowest BCUT2D eigenvalue weighted by atomic mass is 9.98. The van der Waals surface area contributed by atoms with Crippen LogP contribution in [0, 0.1) is 0 Å². The first-order valence-electron chi connectivity index (χ1n) is 33.4. The van der Waals surface area contributed by atoms with Gasteiger partial charge >= 0.3 is 24.2 Å². The van der Waals surface area contributed by atoms with Gasteiger partial charge < -0.3 is 82.9 Å². The van der Waals surface area contributed by atoms with E-state index in [1.807, 2.05) is 54.6 Å². The number of phenols is 1. The molecule has 0 unspecified atom stereocenters. The number of aromatic amines is 1. The molecule has 2 heterocycles. The fraction of sp³-hybridized carbons (Fsp3) is 0.417. The summed E-state index contributed by atoms with van der Waals surface area (Å²) >= 11 is 0. The SMILES string of the molecule is C[C@@H](O)[C@@H]1NC(=O)[C@H](CCCCNC(=O)NCCCCCCNC(=O)OC(C)(C)C)NC(=O)[C@@H](Cc2c[nH]c3ccccc23)NC(=O)[C@H](Cc2ccc(O)cc2)NC(=O)[C@@H](NC(=O)[C@@H](Cc2ccccc2)NC(=O)OCC2c3ccccc3-c3ccccc32)CSSC[C@@H](C(=O)O)NC1=O. The zero-order valence-electron chi connectivity index (χ0n) is 56.3. The highest BCUT2D eigenvalue weighted by molar-refractivity contribution is 8.76. The number of rotatable bonds is 25. The van der Waals surface area contributed by atoms with Crippen molar-refractivity contribution >= 4 is 92.1 Å². The van der Waals surface area contributed by atoms with E-state index >= 15 is 14.4 Å². The lowest BCUT2D eigenvalue weighted by molar-refractivity contribution is -0.142. The molecule has 14 N–H and O–H groups in total. The minimum Gasteiger partial charge on any atom is -0.508 e. The highest BCUT2D eigenvalue weighted by atomic mass is 33.1. The summed E-state index contributed by atoms with van der Waals surface area (Å²) in [4.78, 5) is 144. The Hall–Kier alpha value is -9.80. The number of phenolic OH excluding ortho intramolecular Hbond substituents is 1. The number of unbranched alkanes of at least 4 members (excludes halogenated alkanes) is 4. The number of hydrogen-bond donors (Lipinski definition) is 14. The smallest absolute Gasteiger partial charge is 0.407 e. The average molecular weight is 1410 g/mol. The molecular weight excluding hydrogens is 1320 g/mol. The van der Waals surface area contributed by atoms with Crippen LogP contribution in [-0.2, 0) is 62.3 Å². The summed E-state index contributed by atoms with van der Waals surface area (Å²) in [6.07, 6.45) is 1.47. The molecule has 100 heavy (non-hydrogen) atoms. The third-order valence-electron chi connectivity index (χ3n) is 16.7. The molecular formula is C72H89N11O15S2. The van der Waals surface area contributed by atoms with E-state index in [1.165, 1.54) is 31.2 Å². The Labute approximate surface area is 588 Å². The van der Waals surface area contributed by atoms with E-state index in [4.69, 9.17) is 9.47 Å². The van der Waals surface area contributed by atoms with Crippen LogP contribution in [-0.4, -0.2) is 172 Å². The maximum absolute atomic E-state index is 15.2. The van der Waals surface area contributed by atoms with E-state index in [1.54, 1.807) is 75.5 Å². The second kappa shape index (κ2) is 37.4. The van der Waals surface area contributed by atoms with Crippen molar-refractivity contribution in [2.45, 2.75) is 152 Å². The monoisotopic (exact) mass is 1410 g/mol. The van der Waals surface area contributed by atoms with Crippen LogP contribution in [0.15, 0.2) is 134 Å². The van der Waals surface area contributed by atoms with Crippen molar-refractivity contribution in [2.75, 3.05) is 37.7 Å². The molecule has 1 aliphatic carbocycles. The number of amides is 10. The van der Waals surface area contributed by atoms with E-state index in [9.17, 15) is 48.9 Å². The summed E-state index contributed by atoms with van der Waals surface area (Å²) in [6.45, 7) is 7.45. The normalized spacial score (nSPS) is 19.3. The molecule has 1 aliphatic heterocycles. The number of carbonyl (C=O) groups is 10. The number of aliphatic hydroxyl groups is 1. The molecule has 0 radical (unpaired) electrons. The zero-order chi connectivity index (χ0) is 71.7. The van der Waals surface area contributed by atoms with E-state index in [2.05, 4.69) is 58.2 Å². The Bertz CT molecular complexity index is 3750. The number of H-pyrrole nitrogens is 1. The third kappa shape index (κ3) is 23.2. The number of urea groups is 1. The fourth-order valence-corrected chi connectivity index (χ4v) is 13.9. The summed E-state index contributed by atoms with van der Waals surface area (Å²) in [5.74, 6) is -8.15. The maximum atomic E-state index is 15.2. The van der Waals surface area contributed by atoms with E-state index in [0.29, 0.717) is 47.1 Å². The molecule has 6 aromatic rings. The van der Waals surface area contributed by atoms with Gasteiger partial charge in [-0.1, -0.05) is 144 Å². The topological polar surface area (TPSA) is 386 Å². The van der Waals surface area contributed by atoms with Gasteiger partial charge in [0.25, 0.3) is 0 Å². The molecule has 26 nitrogen and oxygen atoms in total. The van der Waals surface area contributed by atoms with Crippen molar-refractivity contribution in [3.8, 4) is 16.9 Å². The van der Waals surface area contributed by atoms with Gasteiger partial charge in [-0.2, -0.15) is 0 Å². The highest BCUT2D eigenvalue weighted by Crippen LogP contribution is 2.44. The van der Waals surface area contributed by atoms with Gasteiger partial charge in [-0.3, -0.25) is 28.8 Å². The van der Waals surface area contributed by atoms with Gasteiger partial charge in [0.15, 0.2) is 0 Å². The lowest BCUT2D eigenvalue weighted by Gasteiger charge is -2.29. The fourth-order valence-electron chi connectivity index (χ4n) is 11.6.